The molecule has 0 aliphatic carbocycles. The molecule has 0 fully saturated rings. The van der Waals surface area contributed by atoms with Gasteiger partial charge in [-0.3, -0.25) is 9.69 Å². The highest BCUT2D eigenvalue weighted by molar-refractivity contribution is 7.92. The number of rotatable bonds is 8. The van der Waals surface area contributed by atoms with Crippen molar-refractivity contribution in [3.8, 4) is 0 Å². The number of likely N-dealkylation sites (N-methyl/N-ethyl adjacent to an activating group) is 1. The van der Waals surface area contributed by atoms with Gasteiger partial charge in [0.1, 0.15) is 5.75 Å². The number of para-hydroxylation sites is 1. The van der Waals surface area contributed by atoms with Crippen LogP contribution in [0.15, 0.2) is 47.4 Å². The Kier molecular flexibility index (Phi) is 6.90. The van der Waals surface area contributed by atoms with E-state index in [2.05, 4.69) is 6.92 Å². The van der Waals surface area contributed by atoms with Crippen LogP contribution < -0.4 is 4.90 Å². The fourth-order valence-electron chi connectivity index (χ4n) is 3.09. The van der Waals surface area contributed by atoms with Crippen molar-refractivity contribution in [3.05, 3.63) is 53.6 Å². The molecule has 3 aromatic rings. The minimum Gasteiger partial charge on any atom is -0.308 e. The van der Waals surface area contributed by atoms with Gasteiger partial charge >= 0.3 is 0 Å². The maximum absolute atomic E-state index is 13.1. The summed E-state index contributed by atoms with van der Waals surface area (Å²) < 4.78 is 26.6. The highest BCUT2D eigenvalue weighted by atomic mass is 32.2. The van der Waals surface area contributed by atoms with Crippen LogP contribution in [0.5, 0.6) is 0 Å². The summed E-state index contributed by atoms with van der Waals surface area (Å²) in [5.74, 6) is -1.05. The third-order valence-electron chi connectivity index (χ3n) is 4.87. The lowest BCUT2D eigenvalue weighted by Crippen LogP contribution is -2.40. The van der Waals surface area contributed by atoms with Gasteiger partial charge in [0, 0.05) is 13.1 Å². The van der Waals surface area contributed by atoms with E-state index < -0.39 is 21.5 Å². The van der Waals surface area contributed by atoms with Crippen LogP contribution in [-0.2, 0) is 21.1 Å². The molecule has 160 valence electrons. The SMILES string of the molecule is CCc1cccc2sc(N(CCN(C)C)C(=O)CS(=O)(=O)c3ccc(C)cc3)nc12. The second-order valence-corrected chi connectivity index (χ2v) is 10.5. The smallest absolute Gasteiger partial charge is 0.244 e. The van der Waals surface area contributed by atoms with E-state index in [1.54, 1.807) is 24.3 Å². The quantitative estimate of drug-likeness (QED) is 0.530. The number of sulfone groups is 1. The molecule has 6 nitrogen and oxygen atoms in total. The van der Waals surface area contributed by atoms with Gasteiger partial charge in [0.05, 0.1) is 15.1 Å². The minimum absolute atomic E-state index is 0.159. The standard InChI is InChI=1S/C22H27N3O3S2/c1-5-17-7-6-8-19-21(17)23-22(29-19)25(14-13-24(3)4)20(26)15-30(27,28)18-11-9-16(2)10-12-18/h6-12H,5,13-15H2,1-4H3. The van der Waals surface area contributed by atoms with E-state index in [0.29, 0.717) is 18.2 Å². The van der Waals surface area contributed by atoms with Crippen LogP contribution in [-0.4, -0.2) is 57.1 Å². The highest BCUT2D eigenvalue weighted by Crippen LogP contribution is 2.31. The molecule has 0 spiro atoms. The van der Waals surface area contributed by atoms with Gasteiger partial charge in [0.25, 0.3) is 0 Å². The number of carbonyl (C=O) groups excluding carboxylic acids is 1. The molecular formula is C22H27N3O3S2. The molecule has 1 amide bonds. The number of benzene rings is 2. The Morgan fingerprint density at radius 1 is 1.07 bits per heavy atom. The molecule has 0 atom stereocenters. The molecule has 8 heteroatoms. The van der Waals surface area contributed by atoms with Crippen molar-refractivity contribution in [3.63, 3.8) is 0 Å². The van der Waals surface area contributed by atoms with E-state index in [1.165, 1.54) is 16.2 Å². The first-order valence-electron chi connectivity index (χ1n) is 9.84. The van der Waals surface area contributed by atoms with Gasteiger partial charge < -0.3 is 4.90 Å². The highest BCUT2D eigenvalue weighted by Gasteiger charge is 2.26. The zero-order valence-electron chi connectivity index (χ0n) is 17.8. The molecule has 3 rings (SSSR count). The van der Waals surface area contributed by atoms with Gasteiger partial charge in [0.15, 0.2) is 15.0 Å². The lowest BCUT2D eigenvalue weighted by atomic mass is 10.1. The molecule has 0 saturated heterocycles. The first kappa shape index (κ1) is 22.4. The largest absolute Gasteiger partial charge is 0.308 e. The molecule has 0 N–H and O–H groups in total. The van der Waals surface area contributed by atoms with E-state index in [1.807, 2.05) is 44.1 Å². The number of anilines is 1. The van der Waals surface area contributed by atoms with Crippen molar-refractivity contribution in [1.29, 1.82) is 0 Å². The molecule has 1 aromatic heterocycles. The van der Waals surface area contributed by atoms with E-state index in [0.717, 1.165) is 27.8 Å². The van der Waals surface area contributed by atoms with Crippen LogP contribution in [0.4, 0.5) is 5.13 Å². The van der Waals surface area contributed by atoms with Crippen LogP contribution in [0.2, 0.25) is 0 Å². The summed E-state index contributed by atoms with van der Waals surface area (Å²) in [7, 11) is 0.0931. The van der Waals surface area contributed by atoms with Gasteiger partial charge in [-0.2, -0.15) is 0 Å². The summed E-state index contributed by atoms with van der Waals surface area (Å²) in [6.07, 6.45) is 0.841. The van der Waals surface area contributed by atoms with Crippen LogP contribution in [0.25, 0.3) is 10.2 Å². The second-order valence-electron chi connectivity index (χ2n) is 7.53. The van der Waals surface area contributed by atoms with Crippen molar-refractivity contribution in [1.82, 2.24) is 9.88 Å². The maximum atomic E-state index is 13.1. The summed E-state index contributed by atoms with van der Waals surface area (Å²) in [6.45, 7) is 4.93. The van der Waals surface area contributed by atoms with Crippen molar-refractivity contribution < 1.29 is 13.2 Å². The van der Waals surface area contributed by atoms with E-state index in [-0.39, 0.29) is 4.90 Å². The zero-order chi connectivity index (χ0) is 21.9. The fraction of sp³-hybridized carbons (Fsp3) is 0.364. The summed E-state index contributed by atoms with van der Waals surface area (Å²) in [6, 6.07) is 12.6. The summed E-state index contributed by atoms with van der Waals surface area (Å²) in [5.41, 5.74) is 2.96. The Morgan fingerprint density at radius 2 is 1.77 bits per heavy atom. The summed E-state index contributed by atoms with van der Waals surface area (Å²) >= 11 is 1.42. The summed E-state index contributed by atoms with van der Waals surface area (Å²) in [5, 5.41) is 0.539. The normalized spacial score (nSPS) is 11.9. The number of aryl methyl sites for hydroxylation is 2. The molecule has 0 aliphatic heterocycles. The number of amides is 1. The molecule has 0 bridgehead atoms. The Hall–Kier alpha value is -2.29. The third-order valence-corrected chi connectivity index (χ3v) is 7.53. The average Bonchev–Trinajstić information content (AvgIpc) is 3.11. The zero-order valence-corrected chi connectivity index (χ0v) is 19.4. The first-order valence-corrected chi connectivity index (χ1v) is 12.3. The Balaban J connectivity index is 1.93. The van der Waals surface area contributed by atoms with Gasteiger partial charge in [-0.15, -0.1) is 0 Å². The monoisotopic (exact) mass is 445 g/mol. The molecule has 30 heavy (non-hydrogen) atoms. The number of fused-ring (bicyclic) bond motifs is 1. The Morgan fingerprint density at radius 3 is 2.40 bits per heavy atom. The predicted octanol–water partition coefficient (Wildman–Crippen LogP) is 3.54. The molecule has 2 aromatic carbocycles. The van der Waals surface area contributed by atoms with Crippen LogP contribution >= 0.6 is 11.3 Å². The average molecular weight is 446 g/mol. The van der Waals surface area contributed by atoms with Crippen LogP contribution in [0.1, 0.15) is 18.1 Å². The number of hydrogen-bond donors (Lipinski definition) is 0. The number of hydrogen-bond acceptors (Lipinski definition) is 6. The van der Waals surface area contributed by atoms with Gasteiger partial charge in [-0.1, -0.05) is 48.1 Å². The topological polar surface area (TPSA) is 70.6 Å². The second kappa shape index (κ2) is 9.24. The van der Waals surface area contributed by atoms with Crippen molar-refractivity contribution in [2.75, 3.05) is 37.8 Å². The number of thiazole rings is 1. The molecular weight excluding hydrogens is 418 g/mol. The Labute approximate surface area is 182 Å². The Bertz CT molecular complexity index is 1140. The number of nitrogens with zero attached hydrogens (tertiary/aromatic N) is 3. The van der Waals surface area contributed by atoms with Crippen molar-refractivity contribution in [2.24, 2.45) is 0 Å². The van der Waals surface area contributed by atoms with Crippen LogP contribution in [0.3, 0.4) is 0 Å². The molecule has 0 aliphatic rings. The molecule has 1 heterocycles. The van der Waals surface area contributed by atoms with Gasteiger partial charge in [-0.25, -0.2) is 13.4 Å². The van der Waals surface area contributed by atoms with Crippen LogP contribution in [0, 0.1) is 6.92 Å². The van der Waals surface area contributed by atoms with Gasteiger partial charge in [-0.05, 0) is 51.2 Å². The van der Waals surface area contributed by atoms with E-state index in [9.17, 15) is 13.2 Å². The predicted molar refractivity (Wildman–Crippen MR) is 123 cm³/mol. The lowest BCUT2D eigenvalue weighted by Gasteiger charge is -2.22. The molecule has 0 unspecified atom stereocenters. The van der Waals surface area contributed by atoms with E-state index >= 15 is 0 Å². The fourth-order valence-corrected chi connectivity index (χ4v) is 5.35. The molecule has 0 saturated carbocycles. The molecule has 0 radical (unpaired) electrons. The van der Waals surface area contributed by atoms with Crippen molar-refractivity contribution in [2.45, 2.75) is 25.2 Å². The minimum atomic E-state index is -3.74. The lowest BCUT2D eigenvalue weighted by molar-refractivity contribution is -0.116. The number of aromatic nitrogens is 1. The first-order chi connectivity index (χ1) is 14.2. The third kappa shape index (κ3) is 5.06. The van der Waals surface area contributed by atoms with Gasteiger partial charge in [0.2, 0.25) is 5.91 Å². The van der Waals surface area contributed by atoms with E-state index in [4.69, 9.17) is 4.98 Å². The van der Waals surface area contributed by atoms with Crippen molar-refractivity contribution >= 4 is 42.4 Å². The number of carbonyl (C=O) groups is 1. The summed E-state index contributed by atoms with van der Waals surface area (Å²) in [4.78, 5) is 21.5. The maximum Gasteiger partial charge on any atom is 0.244 e.